The van der Waals surface area contributed by atoms with Crippen molar-refractivity contribution in [3.05, 3.63) is 66.4 Å². The van der Waals surface area contributed by atoms with Crippen LogP contribution in [0.25, 0.3) is 0 Å². The number of sulfonamides is 1. The van der Waals surface area contributed by atoms with E-state index in [1.54, 1.807) is 36.4 Å². The van der Waals surface area contributed by atoms with Gasteiger partial charge in [-0.15, -0.1) is 0 Å². The predicted molar refractivity (Wildman–Crippen MR) is 123 cm³/mol. The van der Waals surface area contributed by atoms with E-state index in [-0.39, 0.29) is 10.3 Å². The Kier molecular flexibility index (Phi) is 7.73. The number of hydrogen-bond acceptors (Lipinski definition) is 5. The highest BCUT2D eigenvalue weighted by atomic mass is 32.2. The van der Waals surface area contributed by atoms with Gasteiger partial charge in [0.1, 0.15) is 12.3 Å². The van der Waals surface area contributed by atoms with Gasteiger partial charge < -0.3 is 10.2 Å². The normalized spacial score (nSPS) is 11.5. The summed E-state index contributed by atoms with van der Waals surface area (Å²) in [4.78, 5) is 12.7. The van der Waals surface area contributed by atoms with E-state index in [1.807, 2.05) is 34.6 Å². The first kappa shape index (κ1) is 24.3. The van der Waals surface area contributed by atoms with Crippen molar-refractivity contribution in [2.45, 2.75) is 39.5 Å². The van der Waals surface area contributed by atoms with Crippen LogP contribution >= 0.6 is 0 Å². The standard InChI is InChI=1S/C23H31N3O4S/c1-7-30-20-12-14-21(15-13-20)31(28,29)26(19-10-8-17(2)9-11-19)16-22(27)25-24-18(3)23(4,5)6/h8-15,24H,3,7,16H2,1-2,4-6H3,(H,25,27). The van der Waals surface area contributed by atoms with Crippen molar-refractivity contribution in [2.75, 3.05) is 17.5 Å². The second-order valence-electron chi connectivity index (χ2n) is 8.15. The Hall–Kier alpha value is -3.00. The van der Waals surface area contributed by atoms with Crippen molar-refractivity contribution in [2.24, 2.45) is 5.41 Å². The Bertz CT molecular complexity index is 1010. The number of nitrogens with one attached hydrogen (secondary N) is 2. The number of rotatable bonds is 9. The molecule has 8 heteroatoms. The minimum atomic E-state index is -3.99. The first-order valence-corrected chi connectivity index (χ1v) is 11.5. The van der Waals surface area contributed by atoms with Gasteiger partial charge in [-0.3, -0.25) is 14.5 Å². The number of hydrazine groups is 1. The topological polar surface area (TPSA) is 87.7 Å². The number of benzene rings is 2. The molecule has 0 saturated heterocycles. The van der Waals surface area contributed by atoms with Crippen molar-refractivity contribution < 1.29 is 17.9 Å². The van der Waals surface area contributed by atoms with Gasteiger partial charge in [0.2, 0.25) is 0 Å². The number of aryl methyl sites for hydroxylation is 1. The number of anilines is 1. The fourth-order valence-corrected chi connectivity index (χ4v) is 3.95. The van der Waals surface area contributed by atoms with Gasteiger partial charge in [-0.25, -0.2) is 8.42 Å². The third-order valence-electron chi connectivity index (χ3n) is 4.59. The monoisotopic (exact) mass is 445 g/mol. The highest BCUT2D eigenvalue weighted by Crippen LogP contribution is 2.25. The molecule has 0 saturated carbocycles. The van der Waals surface area contributed by atoms with Crippen molar-refractivity contribution in [1.29, 1.82) is 0 Å². The lowest BCUT2D eigenvalue weighted by atomic mass is 9.93. The van der Waals surface area contributed by atoms with Gasteiger partial charge in [0.25, 0.3) is 15.9 Å². The van der Waals surface area contributed by atoms with Crippen molar-refractivity contribution in [1.82, 2.24) is 10.9 Å². The largest absolute Gasteiger partial charge is 0.494 e. The molecule has 0 heterocycles. The van der Waals surface area contributed by atoms with Crippen LogP contribution in [0, 0.1) is 12.3 Å². The van der Waals surface area contributed by atoms with Crippen LogP contribution in [-0.4, -0.2) is 27.5 Å². The number of nitrogens with zero attached hydrogens (tertiary/aromatic N) is 1. The molecule has 0 atom stereocenters. The molecule has 0 aliphatic carbocycles. The molecule has 168 valence electrons. The zero-order valence-electron chi connectivity index (χ0n) is 18.7. The van der Waals surface area contributed by atoms with Crippen molar-refractivity contribution in [3.63, 3.8) is 0 Å². The third-order valence-corrected chi connectivity index (χ3v) is 6.38. The summed E-state index contributed by atoms with van der Waals surface area (Å²) < 4.78 is 33.2. The molecule has 1 amide bonds. The summed E-state index contributed by atoms with van der Waals surface area (Å²) in [5, 5.41) is 0. The van der Waals surface area contributed by atoms with Crippen LogP contribution in [0.1, 0.15) is 33.3 Å². The smallest absolute Gasteiger partial charge is 0.264 e. The maximum Gasteiger partial charge on any atom is 0.264 e. The molecule has 0 aromatic heterocycles. The molecule has 0 fully saturated rings. The zero-order valence-corrected chi connectivity index (χ0v) is 19.5. The number of ether oxygens (including phenoxy) is 1. The third kappa shape index (κ3) is 6.49. The molecule has 0 bridgehead atoms. The lowest BCUT2D eigenvalue weighted by Crippen LogP contribution is -2.46. The van der Waals surface area contributed by atoms with Crippen LogP contribution in [0.2, 0.25) is 0 Å². The zero-order chi connectivity index (χ0) is 23.2. The molecule has 2 N–H and O–H groups in total. The molecule has 2 rings (SSSR count). The van der Waals surface area contributed by atoms with E-state index in [0.29, 0.717) is 23.7 Å². The summed E-state index contributed by atoms with van der Waals surface area (Å²) in [5.41, 5.74) is 7.02. The fraction of sp³-hybridized carbons (Fsp3) is 0.348. The van der Waals surface area contributed by atoms with Crippen LogP contribution in [0.4, 0.5) is 5.69 Å². The first-order valence-electron chi connectivity index (χ1n) is 10.0. The van der Waals surface area contributed by atoms with Gasteiger partial charge in [-0.2, -0.15) is 0 Å². The average molecular weight is 446 g/mol. The summed E-state index contributed by atoms with van der Waals surface area (Å²) in [6.45, 7) is 13.6. The maximum atomic E-state index is 13.4. The van der Waals surface area contributed by atoms with Crippen LogP contribution < -0.4 is 19.9 Å². The van der Waals surface area contributed by atoms with Gasteiger partial charge >= 0.3 is 0 Å². The summed E-state index contributed by atoms with van der Waals surface area (Å²) in [5.74, 6) is 0.0615. The SMILES string of the molecule is C=C(NNC(=O)CN(c1ccc(C)cc1)S(=O)(=O)c1ccc(OCC)cc1)C(C)(C)C. The highest BCUT2D eigenvalue weighted by Gasteiger charge is 2.27. The Morgan fingerprint density at radius 1 is 1.03 bits per heavy atom. The molecular formula is C23H31N3O4S. The van der Waals surface area contributed by atoms with Gasteiger partial charge in [-0.05, 0) is 50.2 Å². The van der Waals surface area contributed by atoms with Crippen LogP contribution in [-0.2, 0) is 14.8 Å². The van der Waals surface area contributed by atoms with Gasteiger partial charge in [-0.1, -0.05) is 45.0 Å². The van der Waals surface area contributed by atoms with Crippen molar-refractivity contribution in [3.8, 4) is 5.75 Å². The maximum absolute atomic E-state index is 13.4. The molecular weight excluding hydrogens is 414 g/mol. The van der Waals surface area contributed by atoms with Crippen LogP contribution in [0.3, 0.4) is 0 Å². The van der Waals surface area contributed by atoms with E-state index >= 15 is 0 Å². The number of amides is 1. The molecule has 0 aliphatic heterocycles. The van der Waals surface area contributed by atoms with E-state index in [1.165, 1.54) is 12.1 Å². The van der Waals surface area contributed by atoms with E-state index in [2.05, 4.69) is 17.4 Å². The van der Waals surface area contributed by atoms with Gasteiger partial charge in [0, 0.05) is 11.1 Å². The van der Waals surface area contributed by atoms with Gasteiger partial charge in [0.05, 0.1) is 17.2 Å². The molecule has 2 aromatic carbocycles. The van der Waals surface area contributed by atoms with Gasteiger partial charge in [0.15, 0.2) is 0 Å². The molecule has 0 radical (unpaired) electrons. The van der Waals surface area contributed by atoms with Crippen LogP contribution in [0.5, 0.6) is 5.75 Å². The number of carbonyl (C=O) groups is 1. The van der Waals surface area contributed by atoms with Crippen molar-refractivity contribution >= 4 is 21.6 Å². The number of carbonyl (C=O) groups excluding carboxylic acids is 1. The number of allylic oxidation sites excluding steroid dienone is 1. The highest BCUT2D eigenvalue weighted by molar-refractivity contribution is 7.92. The number of hydrogen-bond donors (Lipinski definition) is 2. The molecule has 2 aromatic rings. The second-order valence-corrected chi connectivity index (χ2v) is 10.0. The quantitative estimate of drug-likeness (QED) is 0.574. The first-order chi connectivity index (χ1) is 14.4. The van der Waals surface area contributed by atoms with E-state index in [9.17, 15) is 13.2 Å². The summed E-state index contributed by atoms with van der Waals surface area (Å²) in [6, 6.07) is 13.1. The lowest BCUT2D eigenvalue weighted by Gasteiger charge is -2.26. The predicted octanol–water partition coefficient (Wildman–Crippen LogP) is 3.77. The summed E-state index contributed by atoms with van der Waals surface area (Å²) in [6.07, 6.45) is 0. The summed E-state index contributed by atoms with van der Waals surface area (Å²) in [7, 11) is -3.99. The Morgan fingerprint density at radius 3 is 2.13 bits per heavy atom. The molecule has 0 aliphatic rings. The lowest BCUT2D eigenvalue weighted by molar-refractivity contribution is -0.120. The van der Waals surface area contributed by atoms with E-state index in [0.717, 1.165) is 9.87 Å². The Balaban J connectivity index is 2.31. The minimum Gasteiger partial charge on any atom is -0.494 e. The molecule has 0 spiro atoms. The fourth-order valence-electron chi connectivity index (χ4n) is 2.53. The minimum absolute atomic E-state index is 0.0661. The molecule has 0 unspecified atom stereocenters. The summed E-state index contributed by atoms with van der Waals surface area (Å²) >= 11 is 0. The van der Waals surface area contributed by atoms with E-state index < -0.39 is 22.5 Å². The Labute approximate surface area is 185 Å². The Morgan fingerprint density at radius 2 is 1.61 bits per heavy atom. The molecule has 7 nitrogen and oxygen atoms in total. The van der Waals surface area contributed by atoms with Crippen LogP contribution in [0.15, 0.2) is 65.7 Å². The van der Waals surface area contributed by atoms with E-state index in [4.69, 9.17) is 4.74 Å². The molecule has 31 heavy (non-hydrogen) atoms. The average Bonchev–Trinajstić information content (AvgIpc) is 2.71. The second kappa shape index (κ2) is 9.87.